The normalized spacial score (nSPS) is 15.4. The highest BCUT2D eigenvalue weighted by atomic mass is 35.5. The van der Waals surface area contributed by atoms with Gasteiger partial charge in [-0.3, -0.25) is 0 Å². The fourth-order valence-electron chi connectivity index (χ4n) is 4.19. The number of halogens is 2. The second kappa shape index (κ2) is 11.5. The van der Waals surface area contributed by atoms with Gasteiger partial charge >= 0.3 is 11.9 Å². The number of hydrogen-bond donors (Lipinski definition) is 0. The average molecular weight is 522 g/mol. The fourth-order valence-corrected chi connectivity index (χ4v) is 4.49. The number of anilines is 1. The van der Waals surface area contributed by atoms with Gasteiger partial charge in [0.05, 0.1) is 34.5 Å². The molecule has 184 valence electrons. The Labute approximate surface area is 220 Å². The Morgan fingerprint density at radius 1 is 0.806 bits per heavy atom. The summed E-state index contributed by atoms with van der Waals surface area (Å²) >= 11 is 12.5. The maximum absolute atomic E-state index is 13.6. The van der Waals surface area contributed by atoms with Gasteiger partial charge in [-0.25, -0.2) is 9.59 Å². The Bertz CT molecular complexity index is 1320. The van der Waals surface area contributed by atoms with E-state index in [-0.39, 0.29) is 24.5 Å². The molecule has 0 bridgehead atoms. The Hall–Kier alpha value is -3.54. The third kappa shape index (κ3) is 5.18. The second-order valence-corrected chi connectivity index (χ2v) is 8.76. The van der Waals surface area contributed by atoms with Crippen LogP contribution in [0.1, 0.15) is 30.9 Å². The smallest absolute Gasteiger partial charge is 0.355 e. The minimum atomic E-state index is -0.645. The average Bonchev–Trinajstić information content (AvgIpc) is 2.90. The minimum Gasteiger partial charge on any atom is -0.463 e. The molecule has 3 aromatic rings. The molecule has 1 unspecified atom stereocenters. The van der Waals surface area contributed by atoms with Crippen LogP contribution in [0, 0.1) is 0 Å². The lowest BCUT2D eigenvalue weighted by molar-refractivity contribution is -0.142. The minimum absolute atomic E-state index is 0.0962. The van der Waals surface area contributed by atoms with Crippen molar-refractivity contribution in [2.24, 2.45) is 0 Å². The van der Waals surface area contributed by atoms with Crippen molar-refractivity contribution in [1.82, 2.24) is 0 Å². The molecule has 7 heteroatoms. The maximum atomic E-state index is 13.6. The molecule has 3 aromatic carbocycles. The quantitative estimate of drug-likeness (QED) is 0.312. The van der Waals surface area contributed by atoms with Gasteiger partial charge in [0, 0.05) is 11.6 Å². The van der Waals surface area contributed by atoms with Crippen molar-refractivity contribution in [2.45, 2.75) is 19.8 Å². The van der Waals surface area contributed by atoms with Crippen LogP contribution in [0.3, 0.4) is 0 Å². The van der Waals surface area contributed by atoms with E-state index in [4.69, 9.17) is 32.7 Å². The van der Waals surface area contributed by atoms with Crippen LogP contribution in [-0.2, 0) is 19.1 Å². The van der Waals surface area contributed by atoms with E-state index >= 15 is 0 Å². The first kappa shape index (κ1) is 25.5. The number of hydrogen-bond acceptors (Lipinski definition) is 5. The van der Waals surface area contributed by atoms with Crippen molar-refractivity contribution in [3.8, 4) is 0 Å². The van der Waals surface area contributed by atoms with Crippen molar-refractivity contribution >= 4 is 46.5 Å². The van der Waals surface area contributed by atoms with Crippen LogP contribution in [0.25, 0.3) is 5.70 Å². The molecule has 1 atom stereocenters. The lowest BCUT2D eigenvalue weighted by atomic mass is 9.84. The van der Waals surface area contributed by atoms with Crippen LogP contribution >= 0.6 is 23.2 Å². The summed E-state index contributed by atoms with van der Waals surface area (Å²) in [5.74, 6) is -1.88. The molecule has 0 saturated heterocycles. The predicted molar refractivity (Wildman–Crippen MR) is 143 cm³/mol. The zero-order valence-corrected chi connectivity index (χ0v) is 21.4. The number of rotatable bonds is 7. The van der Waals surface area contributed by atoms with Crippen molar-refractivity contribution in [3.63, 3.8) is 0 Å². The van der Waals surface area contributed by atoms with Crippen LogP contribution in [0.5, 0.6) is 0 Å². The van der Waals surface area contributed by atoms with Crippen LogP contribution < -0.4 is 4.90 Å². The van der Waals surface area contributed by atoms with Crippen molar-refractivity contribution < 1.29 is 19.1 Å². The molecule has 0 N–H and O–H groups in total. The van der Waals surface area contributed by atoms with E-state index in [2.05, 4.69) is 0 Å². The molecular formula is C29H25Cl2NO4. The summed E-state index contributed by atoms with van der Waals surface area (Å²) in [7, 11) is 0. The highest BCUT2D eigenvalue weighted by Crippen LogP contribution is 2.44. The fraction of sp³-hybridized carbons (Fsp3) is 0.172. The lowest BCUT2D eigenvalue weighted by Gasteiger charge is -2.36. The molecule has 0 fully saturated rings. The predicted octanol–water partition coefficient (Wildman–Crippen LogP) is 7.02. The molecule has 4 rings (SSSR count). The summed E-state index contributed by atoms with van der Waals surface area (Å²) < 4.78 is 10.9. The Morgan fingerprint density at radius 3 is 2.03 bits per heavy atom. The van der Waals surface area contributed by atoms with Gasteiger partial charge in [0.2, 0.25) is 0 Å². The summed E-state index contributed by atoms with van der Waals surface area (Å²) in [6.45, 7) is 3.73. The molecule has 1 heterocycles. The number of nitrogens with zero attached hydrogens (tertiary/aromatic N) is 1. The summed E-state index contributed by atoms with van der Waals surface area (Å²) in [6, 6.07) is 24.2. The molecule has 0 radical (unpaired) electrons. The summed E-state index contributed by atoms with van der Waals surface area (Å²) in [4.78, 5) is 28.8. The van der Waals surface area contributed by atoms with Gasteiger partial charge in [0.25, 0.3) is 0 Å². The van der Waals surface area contributed by atoms with E-state index in [1.165, 1.54) is 0 Å². The van der Waals surface area contributed by atoms with Gasteiger partial charge in [0.1, 0.15) is 5.70 Å². The van der Waals surface area contributed by atoms with Crippen LogP contribution in [0.15, 0.2) is 96.2 Å². The molecule has 1 aliphatic rings. The molecule has 0 aromatic heterocycles. The van der Waals surface area contributed by atoms with E-state index in [9.17, 15) is 9.59 Å². The largest absolute Gasteiger partial charge is 0.463 e. The number of allylic oxidation sites excluding steroid dienone is 1. The molecule has 1 aliphatic heterocycles. The van der Waals surface area contributed by atoms with Crippen LogP contribution in [0.2, 0.25) is 10.0 Å². The van der Waals surface area contributed by atoms with Gasteiger partial charge < -0.3 is 14.4 Å². The highest BCUT2D eigenvalue weighted by Gasteiger charge is 2.39. The third-order valence-electron chi connectivity index (χ3n) is 5.71. The van der Waals surface area contributed by atoms with Gasteiger partial charge in [-0.1, -0.05) is 77.8 Å². The van der Waals surface area contributed by atoms with Crippen molar-refractivity contribution in [3.05, 3.63) is 117 Å². The zero-order valence-electron chi connectivity index (χ0n) is 19.9. The van der Waals surface area contributed by atoms with E-state index in [0.29, 0.717) is 27.0 Å². The van der Waals surface area contributed by atoms with Gasteiger partial charge in [0.15, 0.2) is 0 Å². The van der Waals surface area contributed by atoms with Crippen molar-refractivity contribution in [2.75, 3.05) is 18.1 Å². The van der Waals surface area contributed by atoms with E-state index in [0.717, 1.165) is 5.56 Å². The first-order valence-electron chi connectivity index (χ1n) is 11.6. The molecule has 5 nitrogen and oxygen atoms in total. The number of carbonyl (C=O) groups excluding carboxylic acids is 2. The molecular weight excluding hydrogens is 497 g/mol. The Morgan fingerprint density at radius 2 is 1.42 bits per heavy atom. The standard InChI is InChI=1S/C29H25Cl2NO4/c1-3-35-28(33)26-22(20-15-16-23(30)24(31)17-20)18-25(19-11-7-5-8-12-19)32(21-13-9-6-10-14-21)27(26)29(34)36-4-2/h5-18,22H,3-4H2,1-2H3. The number of para-hydroxylation sites is 1. The molecule has 0 aliphatic carbocycles. The van der Waals surface area contributed by atoms with E-state index in [1.54, 1.807) is 36.9 Å². The number of ether oxygens (including phenoxy) is 2. The maximum Gasteiger partial charge on any atom is 0.355 e. The Kier molecular flexibility index (Phi) is 8.14. The first-order valence-corrected chi connectivity index (χ1v) is 12.4. The van der Waals surface area contributed by atoms with Crippen LogP contribution in [-0.4, -0.2) is 25.2 Å². The van der Waals surface area contributed by atoms with Gasteiger partial charge in [-0.15, -0.1) is 0 Å². The van der Waals surface area contributed by atoms with E-state index < -0.39 is 17.9 Å². The number of benzene rings is 3. The Balaban J connectivity index is 2.07. The van der Waals surface area contributed by atoms with Crippen LogP contribution in [0.4, 0.5) is 5.69 Å². The number of carbonyl (C=O) groups is 2. The first-order chi connectivity index (χ1) is 17.5. The summed E-state index contributed by atoms with van der Waals surface area (Å²) in [5, 5.41) is 0.733. The molecule has 36 heavy (non-hydrogen) atoms. The zero-order chi connectivity index (χ0) is 25.7. The lowest BCUT2D eigenvalue weighted by Crippen LogP contribution is -2.36. The molecule has 0 saturated carbocycles. The van der Waals surface area contributed by atoms with Gasteiger partial charge in [-0.05, 0) is 55.3 Å². The third-order valence-corrected chi connectivity index (χ3v) is 6.45. The molecule has 0 spiro atoms. The monoisotopic (exact) mass is 521 g/mol. The number of esters is 2. The van der Waals surface area contributed by atoms with Gasteiger partial charge in [-0.2, -0.15) is 0 Å². The summed E-state index contributed by atoms with van der Waals surface area (Å²) in [5.41, 5.74) is 3.22. The topological polar surface area (TPSA) is 55.8 Å². The second-order valence-electron chi connectivity index (χ2n) is 7.94. The summed E-state index contributed by atoms with van der Waals surface area (Å²) in [6.07, 6.45) is 1.94. The SMILES string of the molecule is CCOC(=O)C1=C(C(=O)OCC)N(c2ccccc2)C(c2ccccc2)=CC1c1ccc(Cl)c(Cl)c1. The van der Waals surface area contributed by atoms with E-state index in [1.807, 2.05) is 66.7 Å². The molecule has 0 amide bonds. The van der Waals surface area contributed by atoms with Crippen molar-refractivity contribution in [1.29, 1.82) is 0 Å². The highest BCUT2D eigenvalue weighted by molar-refractivity contribution is 6.42.